The molecular weight excluding hydrogens is 719 g/mol. The molecule has 8 nitrogen and oxygen atoms in total. The average molecular weight is 811 g/mol. The Morgan fingerprint density at radius 3 is 1.50 bits per heavy atom. The highest BCUT2D eigenvalue weighted by molar-refractivity contribution is 7.45. The molecule has 0 saturated heterocycles. The van der Waals surface area contributed by atoms with Crippen molar-refractivity contribution in [3.63, 3.8) is 0 Å². The number of phosphoric ester groups is 1. The largest absolute Gasteiger partial charge is 0.756 e. The van der Waals surface area contributed by atoms with Gasteiger partial charge >= 0.3 is 0 Å². The molecule has 0 saturated carbocycles. The minimum atomic E-state index is -4.59. The maximum atomic E-state index is 12.8. The number of hydrogen-bond acceptors (Lipinski definition) is 6. The molecule has 0 aliphatic heterocycles. The Balaban J connectivity index is 4.34. The number of aliphatic hydroxyl groups excluding tert-OH is 1. The molecule has 2 N–H and O–H groups in total. The first kappa shape index (κ1) is 54.7. The fourth-order valence-electron chi connectivity index (χ4n) is 6.56. The van der Waals surface area contributed by atoms with Gasteiger partial charge in [-0.05, 0) is 51.4 Å². The Hall–Kier alpha value is -1.28. The van der Waals surface area contributed by atoms with Gasteiger partial charge in [-0.2, -0.15) is 0 Å². The minimum Gasteiger partial charge on any atom is -0.756 e. The smallest absolute Gasteiger partial charge is 0.268 e. The number of allylic oxidation sites excluding steroid dienone is 5. The van der Waals surface area contributed by atoms with Crippen molar-refractivity contribution < 1.29 is 32.9 Å². The van der Waals surface area contributed by atoms with Crippen LogP contribution in [0.15, 0.2) is 36.5 Å². The number of carbonyl (C=O) groups excluding carboxylic acids is 1. The fraction of sp³-hybridized carbons (Fsp3) is 0.851. The Kier molecular flexibility index (Phi) is 38.3. The third kappa shape index (κ3) is 40.9. The van der Waals surface area contributed by atoms with Crippen LogP contribution in [0, 0.1) is 0 Å². The van der Waals surface area contributed by atoms with Crippen LogP contribution in [0.25, 0.3) is 0 Å². The van der Waals surface area contributed by atoms with Crippen molar-refractivity contribution in [3.8, 4) is 0 Å². The highest BCUT2D eigenvalue weighted by Gasteiger charge is 2.23. The van der Waals surface area contributed by atoms with Crippen LogP contribution in [-0.2, 0) is 18.4 Å². The summed E-state index contributed by atoms with van der Waals surface area (Å²) >= 11 is 0. The number of quaternary nitrogens is 1. The second kappa shape index (κ2) is 39.2. The molecule has 0 rings (SSSR count). The van der Waals surface area contributed by atoms with Gasteiger partial charge in [0.25, 0.3) is 7.82 Å². The highest BCUT2D eigenvalue weighted by Crippen LogP contribution is 2.38. The molecule has 0 aliphatic carbocycles. The lowest BCUT2D eigenvalue weighted by Gasteiger charge is -2.29. The zero-order valence-electron chi connectivity index (χ0n) is 37.3. The van der Waals surface area contributed by atoms with Crippen molar-refractivity contribution in [1.82, 2.24) is 5.32 Å². The van der Waals surface area contributed by atoms with Crippen LogP contribution in [0.2, 0.25) is 0 Å². The molecule has 330 valence electrons. The molecule has 0 bridgehead atoms. The van der Waals surface area contributed by atoms with Crippen molar-refractivity contribution >= 4 is 13.7 Å². The lowest BCUT2D eigenvalue weighted by atomic mass is 10.0. The summed E-state index contributed by atoms with van der Waals surface area (Å²) in [5, 5.41) is 13.7. The van der Waals surface area contributed by atoms with Crippen molar-refractivity contribution in [2.24, 2.45) is 0 Å². The quantitative estimate of drug-likeness (QED) is 0.0275. The van der Waals surface area contributed by atoms with E-state index in [1.807, 2.05) is 27.2 Å². The van der Waals surface area contributed by atoms with Crippen LogP contribution in [0.4, 0.5) is 0 Å². The molecule has 3 unspecified atom stereocenters. The molecule has 0 spiro atoms. The van der Waals surface area contributed by atoms with Gasteiger partial charge < -0.3 is 28.8 Å². The highest BCUT2D eigenvalue weighted by atomic mass is 31.2. The van der Waals surface area contributed by atoms with E-state index in [9.17, 15) is 19.4 Å². The van der Waals surface area contributed by atoms with E-state index >= 15 is 0 Å². The van der Waals surface area contributed by atoms with E-state index in [2.05, 4.69) is 43.5 Å². The summed E-state index contributed by atoms with van der Waals surface area (Å²) in [5.74, 6) is -0.219. The van der Waals surface area contributed by atoms with Crippen LogP contribution < -0.4 is 10.2 Å². The maximum Gasteiger partial charge on any atom is 0.268 e. The number of unbranched alkanes of at least 4 members (excludes halogenated alkanes) is 25. The first-order valence-corrected chi connectivity index (χ1v) is 24.8. The summed E-state index contributed by atoms with van der Waals surface area (Å²) in [6, 6.07) is -0.905. The topological polar surface area (TPSA) is 108 Å². The number of phosphoric acid groups is 1. The molecule has 0 aromatic heterocycles. The van der Waals surface area contributed by atoms with Crippen molar-refractivity contribution in [2.75, 3.05) is 40.9 Å². The number of nitrogens with zero attached hydrogens (tertiary/aromatic N) is 1. The van der Waals surface area contributed by atoms with Gasteiger partial charge in [0.2, 0.25) is 5.91 Å². The number of aliphatic hydroxyl groups is 1. The summed E-state index contributed by atoms with van der Waals surface area (Å²) in [6.45, 7) is 4.58. The summed E-state index contributed by atoms with van der Waals surface area (Å²) in [5.41, 5.74) is 0. The lowest BCUT2D eigenvalue weighted by molar-refractivity contribution is -0.870. The zero-order chi connectivity index (χ0) is 41.4. The van der Waals surface area contributed by atoms with Gasteiger partial charge in [0.15, 0.2) is 0 Å². The molecule has 0 aromatic carbocycles. The third-order valence-corrected chi connectivity index (χ3v) is 11.3. The molecule has 0 aromatic rings. The second-order valence-electron chi connectivity index (χ2n) is 17.1. The first-order valence-electron chi connectivity index (χ1n) is 23.4. The Morgan fingerprint density at radius 2 is 1.02 bits per heavy atom. The van der Waals surface area contributed by atoms with E-state index in [4.69, 9.17) is 9.05 Å². The number of rotatable bonds is 42. The van der Waals surface area contributed by atoms with Crippen LogP contribution in [0.5, 0.6) is 0 Å². The Labute approximate surface area is 347 Å². The predicted octanol–water partition coefficient (Wildman–Crippen LogP) is 12.5. The number of nitrogens with one attached hydrogen (secondary N) is 1. The minimum absolute atomic E-state index is 0.00801. The fourth-order valence-corrected chi connectivity index (χ4v) is 7.28. The van der Waals surface area contributed by atoms with E-state index < -0.39 is 26.6 Å². The molecule has 0 radical (unpaired) electrons. The molecule has 0 heterocycles. The molecule has 0 fully saturated rings. The van der Waals surface area contributed by atoms with Crippen LogP contribution >= 0.6 is 7.82 Å². The number of hydrogen-bond donors (Lipinski definition) is 2. The third-order valence-electron chi connectivity index (χ3n) is 10.3. The SMILES string of the molecule is CCCC/C=C\CCCCCCCC(=O)NC(COP(=O)([O-])OCC[N+](C)(C)C)C(O)/C=C/CC/C=C/CCCCCCCCCCCCCCCCCCC. The number of carbonyl (C=O) groups is 1. The number of likely N-dealkylation sites (N-methyl/N-ethyl adjacent to an activating group) is 1. The van der Waals surface area contributed by atoms with Gasteiger partial charge in [0, 0.05) is 6.42 Å². The van der Waals surface area contributed by atoms with Gasteiger partial charge in [0.1, 0.15) is 13.2 Å². The summed E-state index contributed by atoms with van der Waals surface area (Å²) in [7, 11) is 1.24. The second-order valence-corrected chi connectivity index (χ2v) is 18.5. The van der Waals surface area contributed by atoms with Gasteiger partial charge in [-0.3, -0.25) is 9.36 Å². The standard InChI is InChI=1S/C47H91N2O6P/c1-6-8-10-12-14-16-18-19-20-21-22-23-24-25-26-27-28-29-31-32-34-36-38-40-46(50)45(44-55-56(52,53)54-43-42-49(3,4)5)48-47(51)41-39-37-35-33-30-17-15-13-11-9-7-2/h13,15,31-32,38,40,45-46,50H,6-12,14,16-30,33-37,39,41-44H2,1-5H3,(H-,48,51,52,53)/b15-13-,32-31+,40-38+. The van der Waals surface area contributed by atoms with Crippen molar-refractivity contribution in [2.45, 2.75) is 219 Å². The zero-order valence-corrected chi connectivity index (χ0v) is 38.2. The van der Waals surface area contributed by atoms with Gasteiger partial charge in [0.05, 0.1) is 39.9 Å². The molecule has 0 aliphatic rings. The van der Waals surface area contributed by atoms with Gasteiger partial charge in [-0.25, -0.2) is 0 Å². The Bertz CT molecular complexity index is 1010. The lowest BCUT2D eigenvalue weighted by Crippen LogP contribution is -2.45. The average Bonchev–Trinajstić information content (AvgIpc) is 3.15. The van der Waals surface area contributed by atoms with E-state index in [1.54, 1.807) is 6.08 Å². The first-order chi connectivity index (χ1) is 27.0. The van der Waals surface area contributed by atoms with Crippen LogP contribution in [0.3, 0.4) is 0 Å². The summed E-state index contributed by atoms with van der Waals surface area (Å²) in [6.07, 6.45) is 47.8. The predicted molar refractivity (Wildman–Crippen MR) is 238 cm³/mol. The van der Waals surface area contributed by atoms with E-state index in [0.29, 0.717) is 17.4 Å². The molecule has 1 amide bonds. The van der Waals surface area contributed by atoms with E-state index in [-0.39, 0.29) is 12.5 Å². The van der Waals surface area contributed by atoms with Crippen LogP contribution in [-0.4, -0.2) is 68.5 Å². The molecule has 3 atom stereocenters. The molecular formula is C47H91N2O6P. The van der Waals surface area contributed by atoms with Crippen molar-refractivity contribution in [3.05, 3.63) is 36.5 Å². The summed E-state index contributed by atoms with van der Waals surface area (Å²) in [4.78, 5) is 25.2. The van der Waals surface area contributed by atoms with Crippen molar-refractivity contribution in [1.29, 1.82) is 0 Å². The molecule has 56 heavy (non-hydrogen) atoms. The van der Waals surface area contributed by atoms with E-state index in [1.165, 1.54) is 122 Å². The van der Waals surface area contributed by atoms with Gasteiger partial charge in [-0.1, -0.05) is 185 Å². The maximum absolute atomic E-state index is 12.8. The van der Waals surface area contributed by atoms with Gasteiger partial charge in [-0.15, -0.1) is 0 Å². The van der Waals surface area contributed by atoms with Crippen LogP contribution in [0.1, 0.15) is 206 Å². The molecule has 9 heteroatoms. The summed E-state index contributed by atoms with van der Waals surface area (Å²) < 4.78 is 23.2. The monoisotopic (exact) mass is 811 g/mol. The Morgan fingerprint density at radius 1 is 0.607 bits per heavy atom. The van der Waals surface area contributed by atoms with E-state index in [0.717, 1.165) is 64.2 Å². The normalized spacial score (nSPS) is 14.6. The number of amides is 1.